The van der Waals surface area contributed by atoms with E-state index >= 15 is 0 Å². The van der Waals surface area contributed by atoms with E-state index in [1.165, 1.54) is 29.5 Å². The average Bonchev–Trinajstić information content (AvgIpc) is 3.11. The molecule has 2 aromatic carbocycles. The molecule has 0 atom stereocenters. The Morgan fingerprint density at radius 3 is 2.53 bits per heavy atom. The number of aromatic nitrogens is 1. The SMILES string of the molecule is CC(C)N1CCCN(Cc2c[nH]c3cc(C(=O)N4CCC(c5ccccc5)CC4)ccc23)CC1. The topological polar surface area (TPSA) is 42.6 Å². The molecule has 5 rings (SSSR count). The summed E-state index contributed by atoms with van der Waals surface area (Å²) in [6, 6.07) is 17.5. The van der Waals surface area contributed by atoms with Crippen LogP contribution in [0.25, 0.3) is 10.9 Å². The van der Waals surface area contributed by atoms with E-state index in [-0.39, 0.29) is 5.91 Å². The summed E-state index contributed by atoms with van der Waals surface area (Å²) in [6.45, 7) is 11.8. The van der Waals surface area contributed by atoms with Gasteiger partial charge in [0.1, 0.15) is 0 Å². The van der Waals surface area contributed by atoms with E-state index in [2.05, 4.69) is 71.2 Å². The predicted octanol–water partition coefficient (Wildman–Crippen LogP) is 5.10. The van der Waals surface area contributed by atoms with Crippen molar-refractivity contribution < 1.29 is 4.79 Å². The number of carbonyl (C=O) groups excluding carboxylic acids is 1. The van der Waals surface area contributed by atoms with Crippen molar-refractivity contribution in [1.29, 1.82) is 0 Å². The first-order valence-corrected chi connectivity index (χ1v) is 13.0. The molecule has 0 bridgehead atoms. The van der Waals surface area contributed by atoms with Crippen LogP contribution in [0.5, 0.6) is 0 Å². The summed E-state index contributed by atoms with van der Waals surface area (Å²) in [4.78, 5) is 23.9. The molecule has 2 aliphatic rings. The van der Waals surface area contributed by atoms with Crippen LogP contribution in [0.1, 0.15) is 60.5 Å². The number of hydrogen-bond acceptors (Lipinski definition) is 3. The largest absolute Gasteiger partial charge is 0.361 e. The number of rotatable bonds is 5. The van der Waals surface area contributed by atoms with Crippen molar-refractivity contribution in [2.24, 2.45) is 0 Å². The van der Waals surface area contributed by atoms with Gasteiger partial charge in [0.2, 0.25) is 0 Å². The second-order valence-corrected chi connectivity index (χ2v) is 10.3. The smallest absolute Gasteiger partial charge is 0.253 e. The molecule has 3 aromatic rings. The molecule has 1 amide bonds. The molecule has 0 saturated carbocycles. The zero-order valence-electron chi connectivity index (χ0n) is 20.7. The second-order valence-electron chi connectivity index (χ2n) is 10.3. The number of nitrogens with zero attached hydrogens (tertiary/aromatic N) is 3. The summed E-state index contributed by atoms with van der Waals surface area (Å²) in [5, 5.41) is 1.24. The zero-order chi connectivity index (χ0) is 23.5. The summed E-state index contributed by atoms with van der Waals surface area (Å²) in [7, 11) is 0. The molecule has 3 heterocycles. The van der Waals surface area contributed by atoms with E-state index in [4.69, 9.17) is 0 Å². The van der Waals surface area contributed by atoms with Crippen LogP contribution in [0.3, 0.4) is 0 Å². The van der Waals surface area contributed by atoms with Gasteiger partial charge >= 0.3 is 0 Å². The normalized spacial score (nSPS) is 19.1. The van der Waals surface area contributed by atoms with Gasteiger partial charge in [-0.1, -0.05) is 36.4 Å². The Labute approximate surface area is 203 Å². The zero-order valence-corrected chi connectivity index (χ0v) is 20.7. The third-order valence-electron chi connectivity index (χ3n) is 7.81. The lowest BCUT2D eigenvalue weighted by Gasteiger charge is -2.32. The van der Waals surface area contributed by atoms with Gasteiger partial charge in [0.15, 0.2) is 0 Å². The molecule has 5 heteroatoms. The number of benzene rings is 2. The summed E-state index contributed by atoms with van der Waals surface area (Å²) in [6.07, 6.45) is 5.43. The number of carbonyl (C=O) groups is 1. The monoisotopic (exact) mass is 458 g/mol. The Balaban J connectivity index is 1.22. The molecule has 2 saturated heterocycles. The van der Waals surface area contributed by atoms with Gasteiger partial charge in [-0.05, 0) is 75.4 Å². The van der Waals surface area contributed by atoms with Gasteiger partial charge in [-0.25, -0.2) is 0 Å². The number of likely N-dealkylation sites (tertiary alicyclic amines) is 1. The molecule has 0 spiro atoms. The summed E-state index contributed by atoms with van der Waals surface area (Å²) >= 11 is 0. The van der Waals surface area contributed by atoms with Gasteiger partial charge in [-0.15, -0.1) is 0 Å². The lowest BCUT2D eigenvalue weighted by atomic mass is 9.89. The van der Waals surface area contributed by atoms with Gasteiger partial charge < -0.3 is 9.88 Å². The molecule has 2 fully saturated rings. The Bertz CT molecular complexity index is 1100. The number of fused-ring (bicyclic) bond motifs is 1. The van der Waals surface area contributed by atoms with Crippen LogP contribution < -0.4 is 0 Å². The fourth-order valence-corrected chi connectivity index (χ4v) is 5.68. The highest BCUT2D eigenvalue weighted by Gasteiger charge is 2.25. The lowest BCUT2D eigenvalue weighted by Crippen LogP contribution is -2.37. The average molecular weight is 459 g/mol. The summed E-state index contributed by atoms with van der Waals surface area (Å²) in [5.74, 6) is 0.719. The number of H-pyrrole nitrogens is 1. The van der Waals surface area contributed by atoms with Gasteiger partial charge in [-0.3, -0.25) is 14.6 Å². The first-order valence-electron chi connectivity index (χ1n) is 13.0. The van der Waals surface area contributed by atoms with Crippen LogP contribution in [0, 0.1) is 0 Å². The molecule has 0 unspecified atom stereocenters. The van der Waals surface area contributed by atoms with Crippen molar-refractivity contribution in [1.82, 2.24) is 19.7 Å². The third kappa shape index (κ3) is 5.06. The minimum atomic E-state index is 0.158. The van der Waals surface area contributed by atoms with Gasteiger partial charge in [0.05, 0.1) is 0 Å². The van der Waals surface area contributed by atoms with E-state index in [1.54, 1.807) is 0 Å². The molecule has 180 valence electrons. The maximum Gasteiger partial charge on any atom is 0.253 e. The minimum Gasteiger partial charge on any atom is -0.361 e. The van der Waals surface area contributed by atoms with Crippen LogP contribution in [0.2, 0.25) is 0 Å². The van der Waals surface area contributed by atoms with Gasteiger partial charge in [0.25, 0.3) is 5.91 Å². The Hall–Kier alpha value is -2.63. The molecule has 1 aromatic heterocycles. The highest BCUT2D eigenvalue weighted by molar-refractivity contribution is 5.98. The molecule has 34 heavy (non-hydrogen) atoms. The highest BCUT2D eigenvalue weighted by atomic mass is 16.2. The fourth-order valence-electron chi connectivity index (χ4n) is 5.68. The number of nitrogens with one attached hydrogen (secondary N) is 1. The molecule has 5 nitrogen and oxygen atoms in total. The van der Waals surface area contributed by atoms with E-state index in [0.717, 1.165) is 63.2 Å². The first-order chi connectivity index (χ1) is 16.6. The molecule has 2 aliphatic heterocycles. The molecule has 1 N–H and O–H groups in total. The Morgan fingerprint density at radius 1 is 0.971 bits per heavy atom. The number of aromatic amines is 1. The predicted molar refractivity (Wildman–Crippen MR) is 139 cm³/mol. The first kappa shape index (κ1) is 23.1. The van der Waals surface area contributed by atoms with Crippen LogP contribution in [0.4, 0.5) is 0 Å². The fraction of sp³-hybridized carbons (Fsp3) is 0.483. The van der Waals surface area contributed by atoms with Crippen molar-refractivity contribution in [3.8, 4) is 0 Å². The quantitative estimate of drug-likeness (QED) is 0.578. The van der Waals surface area contributed by atoms with Crippen LogP contribution in [-0.4, -0.2) is 70.9 Å². The van der Waals surface area contributed by atoms with E-state index in [9.17, 15) is 4.79 Å². The van der Waals surface area contributed by atoms with Crippen molar-refractivity contribution in [2.75, 3.05) is 39.3 Å². The van der Waals surface area contributed by atoms with Crippen molar-refractivity contribution in [2.45, 2.75) is 51.6 Å². The number of piperidine rings is 1. The maximum absolute atomic E-state index is 13.2. The summed E-state index contributed by atoms with van der Waals surface area (Å²) < 4.78 is 0. The number of amides is 1. The molecular weight excluding hydrogens is 420 g/mol. The van der Waals surface area contributed by atoms with Crippen molar-refractivity contribution in [3.63, 3.8) is 0 Å². The lowest BCUT2D eigenvalue weighted by molar-refractivity contribution is 0.0713. The highest BCUT2D eigenvalue weighted by Crippen LogP contribution is 2.29. The minimum absolute atomic E-state index is 0.158. The van der Waals surface area contributed by atoms with Crippen molar-refractivity contribution in [3.05, 3.63) is 71.4 Å². The molecule has 0 aliphatic carbocycles. The summed E-state index contributed by atoms with van der Waals surface area (Å²) in [5.41, 5.74) is 4.59. The van der Waals surface area contributed by atoms with E-state index in [0.29, 0.717) is 12.0 Å². The van der Waals surface area contributed by atoms with Crippen LogP contribution >= 0.6 is 0 Å². The van der Waals surface area contributed by atoms with Gasteiger partial charge in [-0.2, -0.15) is 0 Å². The Morgan fingerprint density at radius 2 is 1.76 bits per heavy atom. The van der Waals surface area contributed by atoms with Gasteiger partial charge in [0, 0.05) is 61.4 Å². The van der Waals surface area contributed by atoms with Crippen LogP contribution in [-0.2, 0) is 6.54 Å². The third-order valence-corrected chi connectivity index (χ3v) is 7.81. The van der Waals surface area contributed by atoms with E-state index < -0.39 is 0 Å². The molecule has 0 radical (unpaired) electrons. The number of hydrogen-bond donors (Lipinski definition) is 1. The van der Waals surface area contributed by atoms with Crippen molar-refractivity contribution >= 4 is 16.8 Å². The molecular formula is C29H38N4O. The van der Waals surface area contributed by atoms with Crippen LogP contribution in [0.15, 0.2) is 54.7 Å². The second kappa shape index (κ2) is 10.3. The maximum atomic E-state index is 13.2. The standard InChI is InChI=1S/C29H38N4O/c1-22(2)32-14-6-13-31(17-18-32)21-26-20-30-28-19-25(9-10-27(26)28)29(34)33-15-11-24(12-16-33)23-7-4-3-5-8-23/h3-5,7-10,19-20,22,24,30H,6,11-18,21H2,1-2H3. The Kier molecular flexibility index (Phi) is 7.02. The van der Waals surface area contributed by atoms with E-state index in [1.807, 2.05) is 17.0 Å².